The Balaban J connectivity index is -0.0000000175. The van der Waals surface area contributed by atoms with Gasteiger partial charge in [-0.15, -0.1) is 0 Å². The van der Waals surface area contributed by atoms with Crippen molar-refractivity contribution in [2.75, 3.05) is 0 Å². The van der Waals surface area contributed by atoms with E-state index < -0.39 is 187 Å². The van der Waals surface area contributed by atoms with Crippen molar-refractivity contribution in [3.63, 3.8) is 0 Å². The third-order valence-corrected chi connectivity index (χ3v) is 0. The SMILES string of the molecule is O=S(=O)(O)O.O=S(=O)(O)O.O=S(=O)(O)O.O=S(=O)(O)O.O=S(=O)(O)O.O=S(=O)(O)O.O=S(=O)(O)O.O=S(=O)(O)O.O=S(=O)(O)O.O=S(=O)(O)O.O=S(=O)(O)O.O=S(=O)(O)O.O=S(=O)(O)O.O=S(=O)(O)O.O=S(=O)(O)O.O=S(=O)(O)O.O=S(=O)(O)O.O=S(=O)(O)O.[Al+3].[Al+3].[Al+3].[Al+3].[Al+3].[Al+3].[Al+3].[Al+3].[Al+3].[Al+3].[Al+3].[Al+3].[Al+3].[Al+3]. The van der Waals surface area contributed by atoms with Gasteiger partial charge in [-0.2, -0.15) is 152 Å². The van der Waals surface area contributed by atoms with E-state index >= 15 is 0 Å². The van der Waals surface area contributed by atoms with Gasteiger partial charge >= 0.3 is 430 Å². The van der Waals surface area contributed by atoms with E-state index in [-0.39, 0.29) is 243 Å². The van der Waals surface area contributed by atoms with Crippen molar-refractivity contribution < 1.29 is 315 Å². The zero-order chi connectivity index (χ0) is 81.0. The maximum absolute atomic E-state index is 8.74. The van der Waals surface area contributed by atoms with Crippen LogP contribution >= 0.6 is 0 Å². The Morgan fingerprint density at radius 1 is 0.0673 bits per heavy atom. The standard InChI is InChI=1S/14Al.18H2O4S/c;;;;;;;;;;;;;;18*1-5(2,3)4/h;;;;;;;;;;;;;;18*(H2,1,2,3,4)/q14*+3;;;;;;;;;;;;;;;;;;. The molecule has 104 heavy (non-hydrogen) atoms. The molecule has 0 aliphatic carbocycles. The Bertz CT molecular complexity index is 2750. The van der Waals surface area contributed by atoms with Crippen molar-refractivity contribution in [1.29, 1.82) is 0 Å². The summed E-state index contributed by atoms with van der Waals surface area (Å²) in [5, 5.41) is 0. The summed E-state index contributed by atoms with van der Waals surface area (Å²) in [6.07, 6.45) is 0. The zero-order valence-corrected chi connectivity index (χ0v) is 77.1. The molecule has 0 saturated carbocycles. The first-order chi connectivity index (χ1) is 36.0. The van der Waals surface area contributed by atoms with Crippen molar-refractivity contribution in [3.8, 4) is 0 Å². The Labute approximate surface area is 735 Å². The summed E-state index contributed by atoms with van der Waals surface area (Å²) >= 11 is 0. The van der Waals surface area contributed by atoms with E-state index in [9.17, 15) is 0 Å². The summed E-state index contributed by atoms with van der Waals surface area (Å²) in [5.41, 5.74) is 0. The van der Waals surface area contributed by atoms with Crippen LogP contribution in [0.25, 0.3) is 0 Å². The molecule has 0 rings (SSSR count). The van der Waals surface area contributed by atoms with Crippen LogP contribution in [0.5, 0.6) is 0 Å². The molecule has 0 aliphatic rings. The molecule has 0 radical (unpaired) electrons. The summed E-state index contributed by atoms with van der Waals surface area (Å²) in [5.74, 6) is 0. The van der Waals surface area contributed by atoms with Crippen LogP contribution in [0.4, 0.5) is 0 Å². The number of hydrogen-bond acceptors (Lipinski definition) is 36. The second kappa shape index (κ2) is 96.9. The third-order valence-electron chi connectivity index (χ3n) is 0. The Kier molecular flexibility index (Phi) is 200. The smallest absolute Gasteiger partial charge is 0.264 e. The average molecular weight is 2140 g/mol. The zero-order valence-electron chi connectivity index (χ0n) is 46.2. The molecule has 576 valence electrons. The molecule has 72 nitrogen and oxygen atoms in total. The quantitative estimate of drug-likeness (QED) is 0.0791. The van der Waals surface area contributed by atoms with E-state index in [0.717, 1.165) is 0 Å². The molecule has 0 atom stereocenters. The topological polar surface area (TPSA) is 1340 Å². The molecule has 0 aromatic heterocycles. The minimum atomic E-state index is -4.67. The second-order valence-electron chi connectivity index (χ2n) is 8.06. The number of hydrogen-bond donors (Lipinski definition) is 36. The molecule has 0 unspecified atom stereocenters. The van der Waals surface area contributed by atoms with Gasteiger partial charge in [0.1, 0.15) is 0 Å². The molecule has 0 spiro atoms. The maximum atomic E-state index is 8.74. The molecule has 0 fully saturated rings. The van der Waals surface area contributed by atoms with Crippen LogP contribution in [0.15, 0.2) is 0 Å². The van der Waals surface area contributed by atoms with Gasteiger partial charge in [-0.3, -0.25) is 164 Å². The van der Waals surface area contributed by atoms with Crippen molar-refractivity contribution in [2.45, 2.75) is 0 Å². The van der Waals surface area contributed by atoms with Crippen molar-refractivity contribution in [2.24, 2.45) is 0 Å². The van der Waals surface area contributed by atoms with E-state index in [2.05, 4.69) is 0 Å². The molecule has 0 heterocycles. The molecule has 104 heteroatoms. The minimum Gasteiger partial charge on any atom is -0.264 e. The van der Waals surface area contributed by atoms with Gasteiger partial charge in [-0.05, 0) is 0 Å². The summed E-state index contributed by atoms with van der Waals surface area (Å²) in [6, 6.07) is 0. The predicted octanol–water partition coefficient (Wildman–Crippen LogP) is -17.1. The predicted molar refractivity (Wildman–Crippen MR) is 336 cm³/mol. The van der Waals surface area contributed by atoms with Crippen LogP contribution in [-0.4, -0.2) is 558 Å². The first-order valence-corrected chi connectivity index (χ1v) is 37.7. The van der Waals surface area contributed by atoms with Gasteiger partial charge in [0, 0.05) is 0 Å². The number of rotatable bonds is 0. The fourth-order valence-electron chi connectivity index (χ4n) is 0. The minimum absolute atomic E-state index is 0. The third kappa shape index (κ3) is 46100. The van der Waals surface area contributed by atoms with Crippen molar-refractivity contribution in [3.05, 3.63) is 0 Å². The van der Waals surface area contributed by atoms with Crippen LogP contribution in [0, 0.1) is 0 Å². The fraction of sp³-hybridized carbons (Fsp3) is 0. The summed E-state index contributed by atoms with van der Waals surface area (Å²) in [7, 11) is -84.0. The Morgan fingerprint density at radius 2 is 0.0673 bits per heavy atom. The van der Waals surface area contributed by atoms with Crippen LogP contribution in [0.1, 0.15) is 0 Å². The van der Waals surface area contributed by atoms with Gasteiger partial charge < -0.3 is 0 Å². The molecule has 0 bridgehead atoms. The van der Waals surface area contributed by atoms with Gasteiger partial charge in [0.25, 0.3) is 0 Å². The largest absolute Gasteiger partial charge is 3.00 e. The molecule has 0 aromatic carbocycles. The van der Waals surface area contributed by atoms with E-state index in [1.807, 2.05) is 0 Å². The monoisotopic (exact) mass is 2140 g/mol. The van der Waals surface area contributed by atoms with Gasteiger partial charge in [-0.25, -0.2) is 0 Å². The van der Waals surface area contributed by atoms with Crippen LogP contribution in [0.3, 0.4) is 0 Å². The molecule has 0 aromatic rings. The molecular weight excluding hydrogens is 2110 g/mol. The Hall–Kier alpha value is 5.11. The van der Waals surface area contributed by atoms with E-state index in [4.69, 9.17) is 315 Å². The van der Waals surface area contributed by atoms with Gasteiger partial charge in [-0.1, -0.05) is 0 Å². The summed E-state index contributed by atoms with van der Waals surface area (Å²) in [4.78, 5) is 0. The molecule has 36 N–H and O–H groups in total. The first-order valence-electron chi connectivity index (χ1n) is 12.6. The van der Waals surface area contributed by atoms with Crippen LogP contribution < -0.4 is 0 Å². The first kappa shape index (κ1) is 214. The van der Waals surface area contributed by atoms with Gasteiger partial charge in [0.15, 0.2) is 0 Å². The van der Waals surface area contributed by atoms with Crippen molar-refractivity contribution in [1.82, 2.24) is 0 Å². The molecule has 0 saturated heterocycles. The van der Waals surface area contributed by atoms with Gasteiger partial charge in [0.05, 0.1) is 0 Å². The average Bonchev–Trinajstić information content (AvgIpc) is 2.79. The molecule has 0 amide bonds. The summed E-state index contributed by atoms with van der Waals surface area (Å²) in [6.45, 7) is 0. The summed E-state index contributed by atoms with van der Waals surface area (Å²) < 4.78 is 568. The Morgan fingerprint density at radius 3 is 0.0673 bits per heavy atom. The maximum Gasteiger partial charge on any atom is 3.00 e. The van der Waals surface area contributed by atoms with E-state index in [1.165, 1.54) is 0 Å². The van der Waals surface area contributed by atoms with E-state index in [1.54, 1.807) is 0 Å². The molecule has 0 aliphatic heterocycles. The fourth-order valence-corrected chi connectivity index (χ4v) is 0. The molecular formula is H36Al14O72S18+42. The van der Waals surface area contributed by atoms with Crippen molar-refractivity contribution >= 4 is 430 Å². The van der Waals surface area contributed by atoms with Gasteiger partial charge in [0.2, 0.25) is 0 Å². The van der Waals surface area contributed by atoms with Crippen LogP contribution in [-0.2, 0) is 187 Å². The second-order valence-corrected chi connectivity index (χ2v) is 24.2. The van der Waals surface area contributed by atoms with E-state index in [0.29, 0.717) is 0 Å². The normalized spacial score (nSPS) is 10.0. The van der Waals surface area contributed by atoms with Crippen LogP contribution in [0.2, 0.25) is 0 Å².